The van der Waals surface area contributed by atoms with E-state index in [0.29, 0.717) is 23.1 Å². The standard InChI is InChI=1S/C21H16N6O3S/c1-28-13-8-6-12(7-9-13)14-10-15(23-22-14)19-24-25-21-27(19)26-20(31-21)18-11-29-16-4-2-3-5-17(16)30-18/h2-10,18H,11H2,1H3,(H,22,23). The van der Waals surface area contributed by atoms with Crippen LogP contribution in [0.4, 0.5) is 0 Å². The fraction of sp³-hybridized carbons (Fsp3) is 0.143. The number of ether oxygens (including phenoxy) is 3. The van der Waals surface area contributed by atoms with Crippen LogP contribution >= 0.6 is 11.3 Å². The summed E-state index contributed by atoms with van der Waals surface area (Å²) in [5.74, 6) is 2.83. The molecule has 1 aliphatic rings. The van der Waals surface area contributed by atoms with Gasteiger partial charge in [0.1, 0.15) is 18.1 Å². The molecule has 0 spiro atoms. The van der Waals surface area contributed by atoms with Crippen LogP contribution in [-0.2, 0) is 0 Å². The van der Waals surface area contributed by atoms with Gasteiger partial charge in [-0.3, -0.25) is 5.10 Å². The highest BCUT2D eigenvalue weighted by atomic mass is 32.1. The van der Waals surface area contributed by atoms with E-state index in [9.17, 15) is 0 Å². The SMILES string of the molecule is COc1ccc(-c2cc(-c3nnc4sc(C5COc6ccccc6O5)nn34)[nH]n2)cc1. The van der Waals surface area contributed by atoms with Crippen molar-refractivity contribution >= 4 is 16.3 Å². The maximum absolute atomic E-state index is 6.07. The largest absolute Gasteiger partial charge is 0.497 e. The van der Waals surface area contributed by atoms with Crippen LogP contribution in [0.5, 0.6) is 17.2 Å². The first-order valence-electron chi connectivity index (χ1n) is 9.59. The lowest BCUT2D eigenvalue weighted by atomic mass is 10.1. The van der Waals surface area contributed by atoms with Crippen molar-refractivity contribution in [3.8, 4) is 40.0 Å². The Morgan fingerprint density at radius 3 is 2.77 bits per heavy atom. The summed E-state index contributed by atoms with van der Waals surface area (Å²) in [7, 11) is 1.64. The van der Waals surface area contributed by atoms with E-state index in [0.717, 1.165) is 33.5 Å². The fourth-order valence-corrected chi connectivity index (χ4v) is 4.27. The molecule has 0 saturated carbocycles. The molecule has 10 heteroatoms. The summed E-state index contributed by atoms with van der Waals surface area (Å²) in [5.41, 5.74) is 2.49. The Hall–Kier alpha value is -3.92. The van der Waals surface area contributed by atoms with Crippen LogP contribution in [-0.4, -0.2) is 43.7 Å². The van der Waals surface area contributed by atoms with E-state index in [2.05, 4.69) is 20.4 Å². The topological polar surface area (TPSA) is 99.5 Å². The molecular formula is C21H16N6O3S. The second kappa shape index (κ2) is 7.10. The lowest BCUT2D eigenvalue weighted by molar-refractivity contribution is 0.0904. The highest BCUT2D eigenvalue weighted by Gasteiger charge is 2.27. The zero-order valence-electron chi connectivity index (χ0n) is 16.3. The number of hydrogen-bond donors (Lipinski definition) is 1. The molecule has 4 heterocycles. The van der Waals surface area contributed by atoms with Crippen LogP contribution < -0.4 is 14.2 Å². The molecular weight excluding hydrogens is 416 g/mol. The van der Waals surface area contributed by atoms with Gasteiger partial charge in [-0.2, -0.15) is 14.7 Å². The lowest BCUT2D eigenvalue weighted by Crippen LogP contribution is -2.21. The summed E-state index contributed by atoms with van der Waals surface area (Å²) in [6, 6.07) is 17.2. The van der Waals surface area contributed by atoms with Gasteiger partial charge in [-0.1, -0.05) is 23.5 Å². The zero-order chi connectivity index (χ0) is 20.8. The minimum absolute atomic E-state index is 0.300. The van der Waals surface area contributed by atoms with Crippen LogP contribution in [0.2, 0.25) is 0 Å². The van der Waals surface area contributed by atoms with Gasteiger partial charge in [0.05, 0.1) is 12.8 Å². The average Bonchev–Trinajstić information content (AvgIpc) is 3.55. The van der Waals surface area contributed by atoms with E-state index in [4.69, 9.17) is 19.3 Å². The van der Waals surface area contributed by atoms with Crippen molar-refractivity contribution in [2.24, 2.45) is 0 Å². The van der Waals surface area contributed by atoms with Gasteiger partial charge in [-0.15, -0.1) is 10.2 Å². The predicted octanol–water partition coefficient (Wildman–Crippen LogP) is 3.76. The summed E-state index contributed by atoms with van der Waals surface area (Å²) in [5, 5.41) is 21.5. The van der Waals surface area contributed by atoms with Crippen molar-refractivity contribution in [3.63, 3.8) is 0 Å². The first kappa shape index (κ1) is 17.9. The number of rotatable bonds is 4. The molecule has 0 fully saturated rings. The summed E-state index contributed by atoms with van der Waals surface area (Å²) < 4.78 is 18.8. The van der Waals surface area contributed by atoms with Crippen LogP contribution in [0.3, 0.4) is 0 Å². The first-order chi connectivity index (χ1) is 15.3. The van der Waals surface area contributed by atoms with E-state index >= 15 is 0 Å². The van der Waals surface area contributed by atoms with E-state index < -0.39 is 0 Å². The van der Waals surface area contributed by atoms with Crippen molar-refractivity contribution in [1.82, 2.24) is 30.0 Å². The van der Waals surface area contributed by atoms with Crippen molar-refractivity contribution in [2.45, 2.75) is 6.10 Å². The third-order valence-electron chi connectivity index (χ3n) is 5.00. The van der Waals surface area contributed by atoms with Crippen LogP contribution in [0.15, 0.2) is 54.6 Å². The molecule has 0 aliphatic carbocycles. The van der Waals surface area contributed by atoms with Crippen LogP contribution in [0.25, 0.3) is 27.7 Å². The Morgan fingerprint density at radius 2 is 1.94 bits per heavy atom. The number of fused-ring (bicyclic) bond motifs is 2. The third-order valence-corrected chi connectivity index (χ3v) is 5.99. The van der Waals surface area contributed by atoms with E-state index in [1.54, 1.807) is 11.6 Å². The maximum atomic E-state index is 6.07. The van der Waals surface area contributed by atoms with Crippen LogP contribution in [0, 0.1) is 0 Å². The van der Waals surface area contributed by atoms with Gasteiger partial charge in [-0.05, 0) is 42.5 Å². The third kappa shape index (κ3) is 3.08. The second-order valence-electron chi connectivity index (χ2n) is 6.92. The first-order valence-corrected chi connectivity index (χ1v) is 10.4. The van der Waals surface area contributed by atoms with Gasteiger partial charge in [0, 0.05) is 5.56 Å². The Balaban J connectivity index is 1.30. The molecule has 5 aromatic rings. The highest BCUT2D eigenvalue weighted by molar-refractivity contribution is 7.16. The van der Waals surface area contributed by atoms with Crippen molar-refractivity contribution in [2.75, 3.05) is 13.7 Å². The monoisotopic (exact) mass is 432 g/mol. The number of aromatic nitrogens is 6. The molecule has 0 saturated heterocycles. The quantitative estimate of drug-likeness (QED) is 0.461. The Kier molecular flexibility index (Phi) is 4.10. The predicted molar refractivity (Wildman–Crippen MR) is 114 cm³/mol. The summed E-state index contributed by atoms with van der Waals surface area (Å²) in [6.07, 6.45) is -0.300. The minimum atomic E-state index is -0.300. The maximum Gasteiger partial charge on any atom is 0.235 e. The van der Waals surface area contributed by atoms with Gasteiger partial charge in [0.2, 0.25) is 10.8 Å². The number of benzene rings is 2. The average molecular weight is 432 g/mol. The summed E-state index contributed by atoms with van der Waals surface area (Å²) >= 11 is 1.43. The minimum Gasteiger partial charge on any atom is -0.497 e. The van der Waals surface area contributed by atoms with Crippen molar-refractivity contribution in [3.05, 3.63) is 59.6 Å². The van der Waals surface area contributed by atoms with Crippen LogP contribution in [0.1, 0.15) is 11.1 Å². The second-order valence-corrected chi connectivity index (χ2v) is 7.91. The summed E-state index contributed by atoms with van der Waals surface area (Å²) in [6.45, 7) is 0.391. The van der Waals surface area contributed by atoms with E-state index in [-0.39, 0.29) is 6.10 Å². The van der Waals surface area contributed by atoms with Crippen molar-refractivity contribution in [1.29, 1.82) is 0 Å². The van der Waals surface area contributed by atoms with Crippen molar-refractivity contribution < 1.29 is 14.2 Å². The number of para-hydroxylation sites is 2. The molecule has 1 aliphatic heterocycles. The molecule has 2 aromatic carbocycles. The molecule has 6 rings (SSSR count). The highest BCUT2D eigenvalue weighted by Crippen LogP contribution is 2.37. The lowest BCUT2D eigenvalue weighted by Gasteiger charge is -2.24. The van der Waals surface area contributed by atoms with Gasteiger partial charge in [0.15, 0.2) is 22.6 Å². The molecule has 154 valence electrons. The van der Waals surface area contributed by atoms with Gasteiger partial charge in [0.25, 0.3) is 0 Å². The van der Waals surface area contributed by atoms with E-state index in [1.807, 2.05) is 54.6 Å². The van der Waals surface area contributed by atoms with E-state index in [1.165, 1.54) is 11.3 Å². The molecule has 0 amide bonds. The molecule has 1 atom stereocenters. The molecule has 1 unspecified atom stereocenters. The zero-order valence-corrected chi connectivity index (χ0v) is 17.2. The Morgan fingerprint density at radius 1 is 1.10 bits per heavy atom. The number of hydrogen-bond acceptors (Lipinski definition) is 8. The number of aromatic amines is 1. The number of methoxy groups -OCH3 is 1. The molecule has 3 aromatic heterocycles. The number of nitrogens with zero attached hydrogens (tertiary/aromatic N) is 5. The Bertz CT molecular complexity index is 1370. The smallest absolute Gasteiger partial charge is 0.235 e. The van der Waals surface area contributed by atoms with Gasteiger partial charge in [-0.25, -0.2) is 0 Å². The molecule has 9 nitrogen and oxygen atoms in total. The Labute approximate surface area is 180 Å². The number of H-pyrrole nitrogens is 1. The van der Waals surface area contributed by atoms with Gasteiger partial charge < -0.3 is 14.2 Å². The fourth-order valence-electron chi connectivity index (χ4n) is 3.42. The molecule has 1 N–H and O–H groups in total. The van der Waals surface area contributed by atoms with Gasteiger partial charge >= 0.3 is 0 Å². The number of nitrogens with one attached hydrogen (secondary N) is 1. The molecule has 31 heavy (non-hydrogen) atoms. The molecule has 0 bridgehead atoms. The normalized spacial score (nSPS) is 15.3. The molecule has 0 radical (unpaired) electrons. The summed E-state index contributed by atoms with van der Waals surface area (Å²) in [4.78, 5) is 0.674.